The number of aryl methyl sites for hydroxylation is 1. The van der Waals surface area contributed by atoms with Crippen LogP contribution in [0.25, 0.3) is 0 Å². The van der Waals surface area contributed by atoms with Gasteiger partial charge in [-0.1, -0.05) is 20.8 Å². The molecule has 0 spiro atoms. The molecule has 0 bridgehead atoms. The number of amides is 2. The Balaban J connectivity index is 0.00000392. The van der Waals surface area contributed by atoms with Crippen molar-refractivity contribution in [3.8, 4) is 0 Å². The van der Waals surface area contributed by atoms with Crippen molar-refractivity contribution in [1.29, 1.82) is 0 Å². The number of hydrogen-bond acceptors (Lipinski definition) is 6. The summed E-state index contributed by atoms with van der Waals surface area (Å²) in [7, 11) is 0. The largest absolute Gasteiger partial charge is 0.354 e. The fourth-order valence-electron chi connectivity index (χ4n) is 3.07. The van der Waals surface area contributed by atoms with Crippen LogP contribution < -0.4 is 16.4 Å². The Bertz CT molecular complexity index is 621. The van der Waals surface area contributed by atoms with Crippen LogP contribution in [-0.4, -0.2) is 53.9 Å². The number of carbonyl (C=O) groups excluding carboxylic acids is 2. The minimum absolute atomic E-state index is 0. The minimum atomic E-state index is -0.576. The van der Waals surface area contributed by atoms with E-state index in [2.05, 4.69) is 32.8 Å². The van der Waals surface area contributed by atoms with Crippen molar-refractivity contribution in [1.82, 2.24) is 20.5 Å². The number of carbonyl (C=O) groups is 2. The van der Waals surface area contributed by atoms with E-state index < -0.39 is 6.04 Å². The van der Waals surface area contributed by atoms with Gasteiger partial charge in [-0.25, -0.2) is 4.98 Å². The minimum Gasteiger partial charge on any atom is -0.354 e. The smallest absolute Gasteiger partial charge is 0.239 e. The molecule has 1 aromatic heterocycles. The topological polar surface area (TPSA) is 100 Å². The number of thiazole rings is 1. The molecule has 0 unspecified atom stereocenters. The van der Waals surface area contributed by atoms with E-state index in [4.69, 9.17) is 5.73 Å². The first-order valence-electron chi connectivity index (χ1n) is 9.84. The number of rotatable bonds is 9. The quantitative estimate of drug-likeness (QED) is 0.515. The van der Waals surface area contributed by atoms with Crippen LogP contribution >= 0.6 is 36.2 Å². The lowest BCUT2D eigenvalue weighted by molar-refractivity contribution is -0.127. The zero-order valence-electron chi connectivity index (χ0n) is 17.5. The van der Waals surface area contributed by atoms with E-state index in [0.29, 0.717) is 12.5 Å². The summed E-state index contributed by atoms with van der Waals surface area (Å²) >= 11 is 1.74. The number of nitrogens with two attached hydrogens (primary N) is 1. The van der Waals surface area contributed by atoms with E-state index in [-0.39, 0.29) is 49.1 Å². The van der Waals surface area contributed by atoms with Crippen LogP contribution in [0.1, 0.15) is 44.3 Å². The maximum Gasteiger partial charge on any atom is 0.239 e. The molecule has 2 heterocycles. The number of hydrogen-bond donors (Lipinski definition) is 3. The Morgan fingerprint density at radius 3 is 2.48 bits per heavy atom. The second-order valence-corrected chi connectivity index (χ2v) is 8.54. The van der Waals surface area contributed by atoms with Crippen molar-refractivity contribution in [2.24, 2.45) is 17.6 Å². The van der Waals surface area contributed by atoms with Crippen LogP contribution in [0.5, 0.6) is 0 Å². The van der Waals surface area contributed by atoms with Gasteiger partial charge in [-0.3, -0.25) is 14.5 Å². The van der Waals surface area contributed by atoms with Gasteiger partial charge in [-0.15, -0.1) is 36.2 Å². The zero-order chi connectivity index (χ0) is 19.8. The van der Waals surface area contributed by atoms with Crippen molar-refractivity contribution in [2.75, 3.05) is 26.2 Å². The second kappa shape index (κ2) is 14.1. The lowest BCUT2D eigenvalue weighted by Crippen LogP contribution is -2.47. The van der Waals surface area contributed by atoms with Gasteiger partial charge in [-0.2, -0.15) is 0 Å². The summed E-state index contributed by atoms with van der Waals surface area (Å²) in [6.45, 7) is 9.52. The van der Waals surface area contributed by atoms with Gasteiger partial charge in [0.2, 0.25) is 11.8 Å². The fourth-order valence-corrected chi connectivity index (χ4v) is 3.81. The summed E-state index contributed by atoms with van der Waals surface area (Å²) in [4.78, 5) is 30.8. The highest BCUT2D eigenvalue weighted by atomic mass is 35.5. The van der Waals surface area contributed by atoms with Crippen LogP contribution in [0.3, 0.4) is 0 Å². The average Bonchev–Trinajstić information content (AvgIpc) is 3.12. The number of aromatic nitrogens is 1. The molecule has 1 aliphatic rings. The van der Waals surface area contributed by atoms with Crippen LogP contribution in [0.4, 0.5) is 0 Å². The van der Waals surface area contributed by atoms with Crippen LogP contribution in [0, 0.1) is 11.8 Å². The third kappa shape index (κ3) is 9.61. The lowest BCUT2D eigenvalue weighted by Gasteiger charge is -2.31. The predicted molar refractivity (Wildman–Crippen MR) is 123 cm³/mol. The first-order chi connectivity index (χ1) is 12.9. The lowest BCUT2D eigenvalue weighted by atomic mass is 9.96. The Morgan fingerprint density at radius 2 is 1.93 bits per heavy atom. The number of nitrogens with one attached hydrogen (secondary N) is 2. The number of nitrogens with zero attached hydrogens (tertiary/aromatic N) is 2. The average molecular weight is 468 g/mol. The molecule has 168 valence electrons. The van der Waals surface area contributed by atoms with Gasteiger partial charge in [0, 0.05) is 18.5 Å². The van der Waals surface area contributed by atoms with Gasteiger partial charge < -0.3 is 16.4 Å². The van der Waals surface area contributed by atoms with Gasteiger partial charge in [0.25, 0.3) is 0 Å². The van der Waals surface area contributed by atoms with E-state index in [9.17, 15) is 9.59 Å². The summed E-state index contributed by atoms with van der Waals surface area (Å²) in [5.41, 5.74) is 6.93. The first-order valence-corrected chi connectivity index (χ1v) is 10.7. The summed E-state index contributed by atoms with van der Waals surface area (Å²) < 4.78 is 0. The molecule has 0 saturated carbocycles. The Hall–Kier alpha value is -0.930. The van der Waals surface area contributed by atoms with Crippen molar-refractivity contribution in [3.63, 3.8) is 0 Å². The number of halogens is 2. The zero-order valence-corrected chi connectivity index (χ0v) is 19.9. The summed E-state index contributed by atoms with van der Waals surface area (Å²) in [6, 6.07) is -0.576. The van der Waals surface area contributed by atoms with Crippen LogP contribution in [0.15, 0.2) is 5.38 Å². The monoisotopic (exact) mass is 467 g/mol. The molecule has 0 aromatic carbocycles. The number of piperidine rings is 1. The Kier molecular flexibility index (Phi) is 13.7. The molecule has 4 N–H and O–H groups in total. The third-order valence-corrected chi connectivity index (χ3v) is 6.07. The maximum atomic E-state index is 11.9. The highest BCUT2D eigenvalue weighted by Gasteiger charge is 2.21. The van der Waals surface area contributed by atoms with Gasteiger partial charge in [0.1, 0.15) is 0 Å². The molecule has 2 rings (SSSR count). The van der Waals surface area contributed by atoms with Gasteiger partial charge in [0.05, 0.1) is 23.3 Å². The van der Waals surface area contributed by atoms with Crippen molar-refractivity contribution in [3.05, 3.63) is 16.1 Å². The molecule has 29 heavy (non-hydrogen) atoms. The molecule has 7 nitrogen and oxygen atoms in total. The molecule has 0 radical (unpaired) electrons. The van der Waals surface area contributed by atoms with Crippen molar-refractivity contribution in [2.45, 2.75) is 52.6 Å². The van der Waals surface area contributed by atoms with Gasteiger partial charge in [-0.05, 0) is 44.2 Å². The molecule has 1 aromatic rings. The molecular weight excluding hydrogens is 433 g/mol. The van der Waals surface area contributed by atoms with Crippen LogP contribution in [-0.2, 0) is 22.6 Å². The second-order valence-electron chi connectivity index (χ2n) is 7.60. The fraction of sp³-hybridized carbons (Fsp3) is 0.737. The van der Waals surface area contributed by atoms with E-state index >= 15 is 0 Å². The summed E-state index contributed by atoms with van der Waals surface area (Å²) in [5, 5.41) is 8.89. The molecule has 10 heteroatoms. The number of likely N-dealkylation sites (tertiary alicyclic amines) is 1. The molecule has 1 saturated heterocycles. The summed E-state index contributed by atoms with van der Waals surface area (Å²) in [6.07, 6.45) is 3.13. The van der Waals surface area contributed by atoms with Crippen molar-refractivity contribution < 1.29 is 9.59 Å². The van der Waals surface area contributed by atoms with Gasteiger partial charge in [0.15, 0.2) is 0 Å². The molecule has 2 amide bonds. The molecule has 0 aliphatic carbocycles. The highest BCUT2D eigenvalue weighted by molar-refractivity contribution is 7.09. The predicted octanol–water partition coefficient (Wildman–Crippen LogP) is 1.98. The van der Waals surface area contributed by atoms with E-state index in [1.165, 1.54) is 10.7 Å². The first kappa shape index (κ1) is 28.1. The normalized spacial score (nSPS) is 15.9. The van der Waals surface area contributed by atoms with E-state index in [1.54, 1.807) is 11.3 Å². The Labute approximate surface area is 190 Å². The van der Waals surface area contributed by atoms with E-state index in [1.807, 2.05) is 13.8 Å². The highest BCUT2D eigenvalue weighted by Crippen LogP contribution is 2.19. The summed E-state index contributed by atoms with van der Waals surface area (Å²) in [5.74, 6) is 0.106. The van der Waals surface area contributed by atoms with Crippen LogP contribution in [0.2, 0.25) is 0 Å². The molecule has 1 aliphatic heterocycles. The maximum absolute atomic E-state index is 11.9. The standard InChI is InChI=1S/C19H33N5O2S.2ClH/c1-4-17-23-15(12-27-17)11-24-7-5-14(6-8-24)9-21-16(25)10-22-19(26)18(20)13(2)3;;/h12-14,18H,4-11,20H2,1-3H3,(H,21,25)(H,22,26);2*1H/t18-;;/m0../s1. The Morgan fingerprint density at radius 1 is 1.28 bits per heavy atom. The van der Waals surface area contributed by atoms with E-state index in [0.717, 1.165) is 38.9 Å². The molecule has 1 atom stereocenters. The molecular formula is C19H35Cl2N5O2S. The van der Waals surface area contributed by atoms with Crippen molar-refractivity contribution >= 4 is 48.0 Å². The van der Waals surface area contributed by atoms with Gasteiger partial charge >= 0.3 is 0 Å². The SMILES string of the molecule is CCc1nc(CN2CCC(CNC(=O)CNC(=O)[C@@H](N)C(C)C)CC2)cs1.Cl.Cl. The molecule has 1 fully saturated rings. The third-order valence-electron chi connectivity index (χ3n) is 5.03.